The maximum Gasteiger partial charge on any atom is 0.252 e. The molecule has 192 valence electrons. The molecule has 0 spiro atoms. The number of pyridine rings is 2. The summed E-state index contributed by atoms with van der Waals surface area (Å²) in [5.74, 6) is 0.188. The molecule has 1 aliphatic rings. The number of ether oxygens (including phenoxy) is 1. The fourth-order valence-corrected chi connectivity index (χ4v) is 4.21. The number of hydrogen-bond acceptors (Lipinski definition) is 10. The van der Waals surface area contributed by atoms with Gasteiger partial charge < -0.3 is 25.6 Å². The molecule has 0 aromatic carbocycles. The van der Waals surface area contributed by atoms with Crippen molar-refractivity contribution in [3.05, 3.63) is 59.9 Å². The Labute approximate surface area is 216 Å². The second kappa shape index (κ2) is 10.3. The highest BCUT2D eigenvalue weighted by Gasteiger charge is 2.48. The van der Waals surface area contributed by atoms with Crippen molar-refractivity contribution < 1.29 is 19.7 Å². The van der Waals surface area contributed by atoms with E-state index in [2.05, 4.69) is 35.6 Å². The number of nitrogens with one attached hydrogen (secondary N) is 2. The van der Waals surface area contributed by atoms with Crippen molar-refractivity contribution in [1.82, 2.24) is 34.8 Å². The number of fused-ring (bicyclic) bond motifs is 1. The lowest BCUT2D eigenvalue weighted by atomic mass is 10.1. The average molecular weight is 525 g/mol. The smallest absolute Gasteiger partial charge is 0.252 e. The predicted molar refractivity (Wildman–Crippen MR) is 134 cm³/mol. The van der Waals surface area contributed by atoms with Crippen LogP contribution in [0.5, 0.6) is 0 Å². The number of halogens is 1. The van der Waals surface area contributed by atoms with Gasteiger partial charge in [0, 0.05) is 30.2 Å². The molecule has 4 aromatic rings. The number of rotatable bonds is 7. The molecule has 1 amide bonds. The Balaban J connectivity index is 1.55. The molecule has 4 atom stereocenters. The maximum atomic E-state index is 12.5. The Kier molecular flexibility index (Phi) is 6.98. The van der Waals surface area contributed by atoms with Crippen molar-refractivity contribution in [3.8, 4) is 11.4 Å². The summed E-state index contributed by atoms with van der Waals surface area (Å²) < 4.78 is 7.29. The number of aliphatic hydroxyl groups is 2. The normalized spacial score (nSPS) is 21.5. The van der Waals surface area contributed by atoms with E-state index in [-0.39, 0.29) is 6.04 Å². The molecule has 1 saturated heterocycles. The van der Waals surface area contributed by atoms with Gasteiger partial charge in [0.2, 0.25) is 0 Å². The van der Waals surface area contributed by atoms with Crippen molar-refractivity contribution >= 4 is 34.5 Å². The Morgan fingerprint density at radius 2 is 2.03 bits per heavy atom. The monoisotopic (exact) mass is 524 g/mol. The number of anilines is 1. The Hall–Kier alpha value is -3.71. The highest BCUT2D eigenvalue weighted by molar-refractivity contribution is 6.30. The summed E-state index contributed by atoms with van der Waals surface area (Å²) in [4.78, 5) is 34.7. The lowest BCUT2D eigenvalue weighted by Crippen LogP contribution is -2.45. The third kappa shape index (κ3) is 5.09. The van der Waals surface area contributed by atoms with Gasteiger partial charge in [-0.15, -0.1) is 0 Å². The Morgan fingerprint density at radius 1 is 1.19 bits per heavy atom. The number of aliphatic hydroxyl groups excluding tert-OH is 2. The molecule has 0 bridgehead atoms. The van der Waals surface area contributed by atoms with Crippen LogP contribution >= 0.6 is 11.6 Å². The van der Waals surface area contributed by atoms with E-state index in [1.54, 1.807) is 32.3 Å². The summed E-state index contributed by atoms with van der Waals surface area (Å²) in [7, 11) is 0. The van der Waals surface area contributed by atoms with Crippen LogP contribution in [0.2, 0.25) is 5.02 Å². The van der Waals surface area contributed by atoms with Gasteiger partial charge in [-0.05, 0) is 32.0 Å². The van der Waals surface area contributed by atoms with Crippen molar-refractivity contribution in [1.29, 1.82) is 0 Å². The van der Waals surface area contributed by atoms with Gasteiger partial charge in [-0.1, -0.05) is 17.7 Å². The van der Waals surface area contributed by atoms with Gasteiger partial charge in [-0.2, -0.15) is 0 Å². The van der Waals surface area contributed by atoms with E-state index in [1.165, 1.54) is 17.1 Å². The molecule has 1 aliphatic heterocycles. The van der Waals surface area contributed by atoms with Gasteiger partial charge >= 0.3 is 0 Å². The summed E-state index contributed by atoms with van der Waals surface area (Å²) in [6.45, 7) is 3.95. The number of carbonyl (C=O) groups is 1. The number of imidazole rings is 1. The van der Waals surface area contributed by atoms with Crippen LogP contribution in [0.15, 0.2) is 49.2 Å². The van der Waals surface area contributed by atoms with Crippen LogP contribution in [0, 0.1) is 0 Å². The minimum Gasteiger partial charge on any atom is -0.387 e. The highest BCUT2D eigenvalue weighted by atomic mass is 35.5. The summed E-state index contributed by atoms with van der Waals surface area (Å²) in [6.07, 6.45) is 0.965. The number of carbonyl (C=O) groups excluding carboxylic acids is 1. The minimum absolute atomic E-state index is 0.164. The van der Waals surface area contributed by atoms with Gasteiger partial charge in [0.25, 0.3) is 5.91 Å². The van der Waals surface area contributed by atoms with Gasteiger partial charge in [0.15, 0.2) is 35.1 Å². The van der Waals surface area contributed by atoms with Gasteiger partial charge in [0.05, 0.1) is 23.6 Å². The van der Waals surface area contributed by atoms with Crippen LogP contribution in [0.4, 0.5) is 5.82 Å². The molecule has 37 heavy (non-hydrogen) atoms. The number of nitrogens with zero attached hydrogens (tertiary/aromatic N) is 6. The van der Waals surface area contributed by atoms with Crippen LogP contribution < -0.4 is 10.6 Å². The van der Waals surface area contributed by atoms with E-state index in [4.69, 9.17) is 16.3 Å². The summed E-state index contributed by atoms with van der Waals surface area (Å²) in [5, 5.41) is 27.7. The van der Waals surface area contributed by atoms with Crippen molar-refractivity contribution in [2.45, 2.75) is 51.0 Å². The zero-order valence-corrected chi connectivity index (χ0v) is 20.7. The van der Waals surface area contributed by atoms with Crippen molar-refractivity contribution in [3.63, 3.8) is 0 Å². The summed E-state index contributed by atoms with van der Waals surface area (Å²) in [5.41, 5.74) is 2.06. The van der Waals surface area contributed by atoms with Gasteiger partial charge in [-0.25, -0.2) is 15.0 Å². The molecule has 5 rings (SSSR count). The van der Waals surface area contributed by atoms with Crippen molar-refractivity contribution in [2.75, 3.05) is 5.32 Å². The molecule has 4 N–H and O–H groups in total. The molecule has 0 saturated carbocycles. The van der Waals surface area contributed by atoms with Crippen LogP contribution in [0.1, 0.15) is 25.8 Å². The third-order valence-corrected chi connectivity index (χ3v) is 5.96. The zero-order valence-electron chi connectivity index (χ0n) is 20.0. The fourth-order valence-electron chi connectivity index (χ4n) is 4.04. The summed E-state index contributed by atoms with van der Waals surface area (Å²) in [6, 6.07) is 7.10. The van der Waals surface area contributed by atoms with Crippen LogP contribution in [-0.4, -0.2) is 70.0 Å². The third-order valence-electron chi connectivity index (χ3n) is 5.75. The lowest BCUT2D eigenvalue weighted by Gasteiger charge is -2.17. The minimum atomic E-state index is -1.44. The lowest BCUT2D eigenvalue weighted by molar-refractivity contribution is -0.138. The Bertz CT molecular complexity index is 1420. The molecule has 0 radical (unpaired) electrons. The second-order valence-corrected chi connectivity index (χ2v) is 9.31. The first-order valence-electron chi connectivity index (χ1n) is 11.6. The molecule has 4 aromatic heterocycles. The number of hydrogen-bond donors (Lipinski definition) is 4. The second-order valence-electron chi connectivity index (χ2n) is 8.88. The SMILES string of the molecule is CC(C)NC(=O)[C@H]1O[C@@H](n2cnc3c(NCc4ccccn4)nc(-c4cncc(Cl)c4)nc32)[C@H](O)[C@@H]1O. The molecular weight excluding hydrogens is 500 g/mol. The van der Waals surface area contributed by atoms with Crippen LogP contribution in [0.3, 0.4) is 0 Å². The predicted octanol–water partition coefficient (Wildman–Crippen LogP) is 1.69. The molecule has 12 nitrogen and oxygen atoms in total. The standard InChI is InChI=1S/C24H25ClN8O4/c1-12(2)30-23(36)19-17(34)18(35)24(37-19)33-11-29-16-21(28-10-15-5-3-4-6-27-15)31-20(32-22(16)33)13-7-14(25)9-26-8-13/h3-9,11-12,17-19,24,34-35H,10H2,1-2H3,(H,30,36)(H,28,31,32)/t17-,18+,19-,24+/m0/s1. The quantitative estimate of drug-likeness (QED) is 0.280. The van der Waals surface area contributed by atoms with Gasteiger partial charge in [-0.3, -0.25) is 19.3 Å². The van der Waals surface area contributed by atoms with Crippen LogP contribution in [0.25, 0.3) is 22.6 Å². The molecule has 0 unspecified atom stereocenters. The molecular formula is C24H25ClN8O4. The molecule has 0 aliphatic carbocycles. The highest BCUT2D eigenvalue weighted by Crippen LogP contribution is 2.34. The molecule has 5 heterocycles. The number of aromatic nitrogens is 6. The van der Waals surface area contributed by atoms with E-state index in [9.17, 15) is 15.0 Å². The first kappa shape index (κ1) is 25.0. The topological polar surface area (TPSA) is 160 Å². The maximum absolute atomic E-state index is 12.5. The average Bonchev–Trinajstić information content (AvgIpc) is 3.43. The largest absolute Gasteiger partial charge is 0.387 e. The van der Waals surface area contributed by atoms with Crippen LogP contribution in [-0.2, 0) is 16.1 Å². The molecule has 13 heteroatoms. The van der Waals surface area contributed by atoms with E-state index in [1.807, 2.05) is 18.2 Å². The zero-order chi connectivity index (χ0) is 26.1. The van der Waals surface area contributed by atoms with E-state index in [0.29, 0.717) is 39.9 Å². The fraction of sp³-hybridized carbons (Fsp3) is 0.333. The first-order chi connectivity index (χ1) is 17.8. The van der Waals surface area contributed by atoms with Gasteiger partial charge in [0.1, 0.15) is 12.2 Å². The van der Waals surface area contributed by atoms with E-state index >= 15 is 0 Å². The van der Waals surface area contributed by atoms with E-state index in [0.717, 1.165) is 5.69 Å². The Morgan fingerprint density at radius 3 is 2.76 bits per heavy atom. The van der Waals surface area contributed by atoms with E-state index < -0.39 is 30.4 Å². The summed E-state index contributed by atoms with van der Waals surface area (Å²) >= 11 is 6.15. The van der Waals surface area contributed by atoms with Crippen molar-refractivity contribution in [2.24, 2.45) is 0 Å². The first-order valence-corrected chi connectivity index (χ1v) is 12.0. The number of amides is 1. The molecule has 1 fully saturated rings.